The van der Waals surface area contributed by atoms with Crippen LogP contribution in [0.15, 0.2) is 42.5 Å². The monoisotopic (exact) mass is 269 g/mol. The van der Waals surface area contributed by atoms with E-state index in [-0.39, 0.29) is 6.04 Å². The Bertz CT molecular complexity index is 558. The van der Waals surface area contributed by atoms with Gasteiger partial charge in [0, 0.05) is 6.04 Å². The summed E-state index contributed by atoms with van der Waals surface area (Å²) in [5.41, 5.74) is 10.7. The number of benzene rings is 2. The molecule has 0 amide bonds. The third-order valence-electron chi connectivity index (χ3n) is 3.34. The Morgan fingerprint density at radius 1 is 1.05 bits per heavy atom. The molecule has 0 fully saturated rings. The number of para-hydroxylation sites is 1. The van der Waals surface area contributed by atoms with E-state index in [9.17, 15) is 0 Å². The molecule has 2 aromatic carbocycles. The zero-order chi connectivity index (χ0) is 14.5. The zero-order valence-corrected chi connectivity index (χ0v) is 12.5. The van der Waals surface area contributed by atoms with Gasteiger partial charge in [-0.25, -0.2) is 0 Å². The SMILES string of the molecule is Cc1ccc(COc2c(C)cccc2CC(C)N)cc1. The molecule has 0 aromatic heterocycles. The predicted molar refractivity (Wildman–Crippen MR) is 84.0 cm³/mol. The molecule has 0 aliphatic rings. The van der Waals surface area contributed by atoms with Crippen LogP contribution < -0.4 is 10.5 Å². The summed E-state index contributed by atoms with van der Waals surface area (Å²) < 4.78 is 6.04. The number of rotatable bonds is 5. The molecule has 2 heteroatoms. The largest absolute Gasteiger partial charge is 0.488 e. The second kappa shape index (κ2) is 6.58. The quantitative estimate of drug-likeness (QED) is 0.896. The average Bonchev–Trinajstić information content (AvgIpc) is 2.39. The van der Waals surface area contributed by atoms with Crippen molar-refractivity contribution in [2.45, 2.75) is 39.8 Å². The highest BCUT2D eigenvalue weighted by atomic mass is 16.5. The molecule has 0 aliphatic heterocycles. The van der Waals surface area contributed by atoms with Crippen molar-refractivity contribution in [1.82, 2.24) is 0 Å². The Balaban J connectivity index is 2.13. The molecule has 106 valence electrons. The van der Waals surface area contributed by atoms with Crippen molar-refractivity contribution in [1.29, 1.82) is 0 Å². The molecule has 1 unspecified atom stereocenters. The molecule has 0 saturated carbocycles. The maximum atomic E-state index is 6.04. The molecular formula is C18H23NO. The standard InChI is InChI=1S/C18H23NO/c1-13-7-9-16(10-8-13)12-20-18-14(2)5-4-6-17(18)11-15(3)19/h4-10,15H,11-12,19H2,1-3H3. The molecule has 2 N–H and O–H groups in total. The van der Waals surface area contributed by atoms with E-state index in [4.69, 9.17) is 10.5 Å². The molecule has 0 saturated heterocycles. The molecule has 2 rings (SSSR count). The van der Waals surface area contributed by atoms with Crippen LogP contribution in [0.4, 0.5) is 0 Å². The van der Waals surface area contributed by atoms with Crippen molar-refractivity contribution >= 4 is 0 Å². The smallest absolute Gasteiger partial charge is 0.125 e. The van der Waals surface area contributed by atoms with Crippen LogP contribution in [0.2, 0.25) is 0 Å². The van der Waals surface area contributed by atoms with Gasteiger partial charge in [0.25, 0.3) is 0 Å². The van der Waals surface area contributed by atoms with Gasteiger partial charge in [0.05, 0.1) is 0 Å². The van der Waals surface area contributed by atoms with Crippen LogP contribution in [0.5, 0.6) is 5.75 Å². The highest BCUT2D eigenvalue weighted by Crippen LogP contribution is 2.25. The van der Waals surface area contributed by atoms with Crippen LogP contribution in [0.1, 0.15) is 29.2 Å². The molecule has 20 heavy (non-hydrogen) atoms. The molecule has 1 atom stereocenters. The van der Waals surface area contributed by atoms with Gasteiger partial charge < -0.3 is 10.5 Å². The third-order valence-corrected chi connectivity index (χ3v) is 3.34. The van der Waals surface area contributed by atoms with Crippen LogP contribution in [0.25, 0.3) is 0 Å². The van der Waals surface area contributed by atoms with E-state index in [0.717, 1.165) is 17.7 Å². The van der Waals surface area contributed by atoms with Crippen molar-refractivity contribution in [2.75, 3.05) is 0 Å². The van der Waals surface area contributed by atoms with Crippen LogP contribution in [-0.4, -0.2) is 6.04 Å². The van der Waals surface area contributed by atoms with E-state index in [2.05, 4.69) is 56.3 Å². The first kappa shape index (κ1) is 14.6. The predicted octanol–water partition coefficient (Wildman–Crippen LogP) is 3.77. The molecule has 0 bridgehead atoms. The number of aryl methyl sites for hydroxylation is 2. The van der Waals surface area contributed by atoms with E-state index in [1.165, 1.54) is 16.7 Å². The lowest BCUT2D eigenvalue weighted by Crippen LogP contribution is -2.18. The molecule has 2 aromatic rings. The van der Waals surface area contributed by atoms with Crippen molar-refractivity contribution in [3.05, 3.63) is 64.7 Å². The molecular weight excluding hydrogens is 246 g/mol. The van der Waals surface area contributed by atoms with E-state index in [1.807, 2.05) is 6.92 Å². The van der Waals surface area contributed by atoms with Crippen molar-refractivity contribution < 1.29 is 4.74 Å². The zero-order valence-electron chi connectivity index (χ0n) is 12.5. The van der Waals surface area contributed by atoms with Crippen LogP contribution in [0.3, 0.4) is 0 Å². The summed E-state index contributed by atoms with van der Waals surface area (Å²) in [6.45, 7) is 6.78. The van der Waals surface area contributed by atoms with Crippen molar-refractivity contribution in [2.24, 2.45) is 5.73 Å². The molecule has 2 nitrogen and oxygen atoms in total. The minimum Gasteiger partial charge on any atom is -0.488 e. The topological polar surface area (TPSA) is 35.2 Å². The van der Waals surface area contributed by atoms with E-state index in [1.54, 1.807) is 0 Å². The lowest BCUT2D eigenvalue weighted by atomic mass is 10.0. The fraction of sp³-hybridized carbons (Fsp3) is 0.333. The lowest BCUT2D eigenvalue weighted by molar-refractivity contribution is 0.300. The molecule has 0 spiro atoms. The first-order valence-corrected chi connectivity index (χ1v) is 7.08. The number of hydrogen-bond donors (Lipinski definition) is 1. The summed E-state index contributed by atoms with van der Waals surface area (Å²) in [6, 6.07) is 14.8. The summed E-state index contributed by atoms with van der Waals surface area (Å²) in [6.07, 6.45) is 0.838. The maximum Gasteiger partial charge on any atom is 0.125 e. The van der Waals surface area contributed by atoms with Crippen LogP contribution >= 0.6 is 0 Å². The molecule has 0 aliphatic carbocycles. The molecule has 0 heterocycles. The Morgan fingerprint density at radius 2 is 1.75 bits per heavy atom. The average molecular weight is 269 g/mol. The van der Waals surface area contributed by atoms with E-state index >= 15 is 0 Å². The van der Waals surface area contributed by atoms with Gasteiger partial charge in [0.1, 0.15) is 12.4 Å². The Morgan fingerprint density at radius 3 is 2.40 bits per heavy atom. The third kappa shape index (κ3) is 3.84. The number of hydrogen-bond acceptors (Lipinski definition) is 2. The highest BCUT2D eigenvalue weighted by Gasteiger charge is 2.09. The maximum absolute atomic E-state index is 6.04. The fourth-order valence-electron chi connectivity index (χ4n) is 2.27. The first-order chi connectivity index (χ1) is 9.56. The van der Waals surface area contributed by atoms with Gasteiger partial charge in [-0.05, 0) is 43.9 Å². The summed E-state index contributed by atoms with van der Waals surface area (Å²) >= 11 is 0. The highest BCUT2D eigenvalue weighted by molar-refractivity contribution is 5.41. The van der Waals surface area contributed by atoms with Crippen LogP contribution in [-0.2, 0) is 13.0 Å². The van der Waals surface area contributed by atoms with Crippen molar-refractivity contribution in [3.8, 4) is 5.75 Å². The van der Waals surface area contributed by atoms with Gasteiger partial charge >= 0.3 is 0 Å². The first-order valence-electron chi connectivity index (χ1n) is 7.08. The second-order valence-corrected chi connectivity index (χ2v) is 5.52. The van der Waals surface area contributed by atoms with Gasteiger partial charge in [-0.2, -0.15) is 0 Å². The van der Waals surface area contributed by atoms with Gasteiger partial charge in [-0.1, -0.05) is 48.0 Å². The summed E-state index contributed by atoms with van der Waals surface area (Å²) in [5, 5.41) is 0. The Kier molecular flexibility index (Phi) is 4.80. The normalized spacial score (nSPS) is 12.2. The van der Waals surface area contributed by atoms with Crippen molar-refractivity contribution in [3.63, 3.8) is 0 Å². The summed E-state index contributed by atoms with van der Waals surface area (Å²) in [7, 11) is 0. The Labute approximate surface area is 121 Å². The minimum atomic E-state index is 0.138. The fourth-order valence-corrected chi connectivity index (χ4v) is 2.27. The van der Waals surface area contributed by atoms with E-state index in [0.29, 0.717) is 6.61 Å². The second-order valence-electron chi connectivity index (χ2n) is 5.52. The van der Waals surface area contributed by atoms with E-state index < -0.39 is 0 Å². The van der Waals surface area contributed by atoms with Gasteiger partial charge in [0.2, 0.25) is 0 Å². The Hall–Kier alpha value is -1.80. The number of ether oxygens (including phenoxy) is 1. The van der Waals surface area contributed by atoms with Gasteiger partial charge in [-0.15, -0.1) is 0 Å². The van der Waals surface area contributed by atoms with Gasteiger partial charge in [0.15, 0.2) is 0 Å². The van der Waals surface area contributed by atoms with Gasteiger partial charge in [-0.3, -0.25) is 0 Å². The minimum absolute atomic E-state index is 0.138. The summed E-state index contributed by atoms with van der Waals surface area (Å²) in [5.74, 6) is 0.977. The number of nitrogens with two attached hydrogens (primary N) is 1. The summed E-state index contributed by atoms with van der Waals surface area (Å²) in [4.78, 5) is 0. The lowest BCUT2D eigenvalue weighted by Gasteiger charge is -2.15. The van der Waals surface area contributed by atoms with Crippen LogP contribution in [0, 0.1) is 13.8 Å². The molecule has 0 radical (unpaired) electrons.